The number of hydrogen-bond acceptors (Lipinski definition) is 2. The molecule has 2 rings (SSSR count). The van der Waals surface area contributed by atoms with Gasteiger partial charge in [-0.2, -0.15) is 0 Å². The molecule has 1 aromatic rings. The first kappa shape index (κ1) is 12.3. The third kappa shape index (κ3) is 2.02. The molecule has 0 radical (unpaired) electrons. The summed E-state index contributed by atoms with van der Waals surface area (Å²) >= 11 is 0. The second-order valence-corrected chi connectivity index (χ2v) is 6.05. The van der Waals surface area contributed by atoms with Gasteiger partial charge in [-0.15, -0.1) is 0 Å². The zero-order chi connectivity index (χ0) is 12.6. The van der Waals surface area contributed by atoms with E-state index in [1.165, 1.54) is 0 Å². The van der Waals surface area contributed by atoms with Crippen molar-refractivity contribution in [3.8, 4) is 0 Å². The lowest BCUT2D eigenvalue weighted by Gasteiger charge is -2.21. The zero-order valence-corrected chi connectivity index (χ0v) is 11.1. The van der Waals surface area contributed by atoms with Gasteiger partial charge in [0.2, 0.25) is 5.91 Å². The average Bonchev–Trinajstić information content (AvgIpc) is 2.55. The first-order chi connectivity index (χ1) is 8.04. The smallest absolute Gasteiger partial charge is 0.239 e. The van der Waals surface area contributed by atoms with Crippen molar-refractivity contribution >= 4 is 16.7 Å². The highest BCUT2D eigenvalue weighted by molar-refractivity contribution is 7.85. The van der Waals surface area contributed by atoms with Crippen molar-refractivity contribution < 1.29 is 9.00 Å². The highest BCUT2D eigenvalue weighted by atomic mass is 32.2. The molecule has 1 amide bonds. The molecule has 0 saturated carbocycles. The van der Waals surface area contributed by atoms with Gasteiger partial charge in [-0.1, -0.05) is 30.3 Å². The van der Waals surface area contributed by atoms with Gasteiger partial charge in [0.15, 0.2) is 0 Å². The lowest BCUT2D eigenvalue weighted by atomic mass is 9.92. The first-order valence-corrected chi connectivity index (χ1v) is 7.30. The van der Waals surface area contributed by atoms with Crippen LogP contribution in [-0.2, 0) is 15.6 Å². The van der Waals surface area contributed by atoms with Crippen molar-refractivity contribution in [1.82, 2.24) is 4.90 Å². The summed E-state index contributed by atoms with van der Waals surface area (Å²) in [4.78, 5) is 13.8. The lowest BCUT2D eigenvalue weighted by Crippen LogP contribution is -2.30. The van der Waals surface area contributed by atoms with Gasteiger partial charge >= 0.3 is 0 Å². The Kier molecular flexibility index (Phi) is 3.33. The molecule has 0 spiro atoms. The Balaban J connectivity index is 2.43. The second-order valence-electron chi connectivity index (χ2n) is 4.55. The van der Waals surface area contributed by atoms with E-state index in [1.54, 1.807) is 18.2 Å². The number of carbonyl (C=O) groups excluding carboxylic acids is 1. The maximum atomic E-state index is 12.1. The van der Waals surface area contributed by atoms with E-state index >= 15 is 0 Å². The number of hydrogen-bond donors (Lipinski definition) is 0. The minimum Gasteiger partial charge on any atom is -0.341 e. The maximum absolute atomic E-state index is 12.1. The monoisotopic (exact) mass is 251 g/mol. The Morgan fingerprint density at radius 2 is 1.82 bits per heavy atom. The van der Waals surface area contributed by atoms with Gasteiger partial charge < -0.3 is 4.90 Å². The van der Waals surface area contributed by atoms with Crippen molar-refractivity contribution in [1.29, 1.82) is 0 Å². The van der Waals surface area contributed by atoms with Crippen molar-refractivity contribution in [3.63, 3.8) is 0 Å². The molecule has 1 aromatic carbocycles. The number of benzene rings is 1. The molecule has 3 nitrogen and oxygen atoms in total. The zero-order valence-electron chi connectivity index (χ0n) is 10.3. The van der Waals surface area contributed by atoms with Crippen LogP contribution in [0.1, 0.15) is 18.4 Å². The standard InChI is InChI=1S/C13H17NO2S/c1-9-11(10-7-5-4-6-8-10)12(17(3)16)13(15)14(9)2/h4-9,11-12H,1-3H3/t9-,11+,12?,17?/m0/s1. The van der Waals surface area contributed by atoms with E-state index in [-0.39, 0.29) is 17.9 Å². The molecule has 92 valence electrons. The molecule has 0 aromatic heterocycles. The summed E-state index contributed by atoms with van der Waals surface area (Å²) in [6.07, 6.45) is 1.62. The highest BCUT2D eigenvalue weighted by Crippen LogP contribution is 2.35. The van der Waals surface area contributed by atoms with Gasteiger partial charge in [-0.05, 0) is 12.5 Å². The van der Waals surface area contributed by atoms with Crippen LogP contribution in [0.25, 0.3) is 0 Å². The molecule has 2 unspecified atom stereocenters. The number of likely N-dealkylation sites (tertiary alicyclic amines) is 1. The molecule has 1 aliphatic heterocycles. The summed E-state index contributed by atoms with van der Waals surface area (Å²) in [5.41, 5.74) is 1.10. The summed E-state index contributed by atoms with van der Waals surface area (Å²) in [5.74, 6) is 0.0201. The molecule has 1 aliphatic rings. The van der Waals surface area contributed by atoms with E-state index in [1.807, 2.05) is 37.3 Å². The van der Waals surface area contributed by atoms with E-state index in [9.17, 15) is 9.00 Å². The highest BCUT2D eigenvalue weighted by Gasteiger charge is 2.46. The van der Waals surface area contributed by atoms with Crippen molar-refractivity contribution in [2.45, 2.75) is 24.1 Å². The maximum Gasteiger partial charge on any atom is 0.239 e. The molecule has 1 heterocycles. The van der Waals surface area contributed by atoms with Gasteiger partial charge in [0.1, 0.15) is 5.25 Å². The minimum absolute atomic E-state index is 0.00723. The molecule has 1 fully saturated rings. The minimum atomic E-state index is -1.13. The molecule has 0 bridgehead atoms. The first-order valence-electron chi connectivity index (χ1n) is 5.68. The fraction of sp³-hybridized carbons (Fsp3) is 0.462. The molecule has 0 aliphatic carbocycles. The number of rotatable bonds is 2. The number of amides is 1. The average molecular weight is 251 g/mol. The summed E-state index contributed by atoms with van der Waals surface area (Å²) in [7, 11) is 0.653. The van der Waals surface area contributed by atoms with Crippen LogP contribution in [0.3, 0.4) is 0 Å². The summed E-state index contributed by atoms with van der Waals surface area (Å²) in [6, 6.07) is 9.98. The van der Waals surface area contributed by atoms with Gasteiger partial charge in [0.05, 0.1) is 0 Å². The Morgan fingerprint density at radius 3 is 2.35 bits per heavy atom. The number of likely N-dealkylation sites (N-methyl/N-ethyl adjacent to an activating group) is 1. The van der Waals surface area contributed by atoms with Crippen LogP contribution in [0.15, 0.2) is 30.3 Å². The molecular weight excluding hydrogens is 234 g/mol. The number of nitrogens with zero attached hydrogens (tertiary/aromatic N) is 1. The Bertz CT molecular complexity index is 446. The molecule has 4 atom stereocenters. The van der Waals surface area contributed by atoms with Crippen LogP contribution < -0.4 is 0 Å². The van der Waals surface area contributed by atoms with Crippen molar-refractivity contribution in [3.05, 3.63) is 35.9 Å². The van der Waals surface area contributed by atoms with Crippen LogP contribution in [0.4, 0.5) is 0 Å². The summed E-state index contributed by atoms with van der Waals surface area (Å²) in [6.45, 7) is 2.02. The summed E-state index contributed by atoms with van der Waals surface area (Å²) in [5, 5.41) is -0.405. The molecule has 1 saturated heterocycles. The van der Waals surface area contributed by atoms with Gasteiger partial charge in [0.25, 0.3) is 0 Å². The number of carbonyl (C=O) groups is 1. The SMILES string of the molecule is C[C@H]1[C@H](c2ccccc2)C(S(C)=O)C(=O)N1C. The van der Waals surface area contributed by atoms with Crippen molar-refractivity contribution in [2.24, 2.45) is 0 Å². The van der Waals surface area contributed by atoms with Crippen LogP contribution in [0.2, 0.25) is 0 Å². The van der Waals surface area contributed by atoms with E-state index in [0.29, 0.717) is 0 Å². The van der Waals surface area contributed by atoms with Gasteiger partial charge in [-0.25, -0.2) is 0 Å². The van der Waals surface area contributed by atoms with Crippen LogP contribution in [-0.4, -0.2) is 39.6 Å². The molecular formula is C13H17NO2S. The Hall–Kier alpha value is -1.16. The molecule has 0 N–H and O–H groups in total. The van der Waals surface area contributed by atoms with E-state index < -0.39 is 16.0 Å². The second kappa shape index (κ2) is 4.61. The molecule has 4 heteroatoms. The largest absolute Gasteiger partial charge is 0.341 e. The predicted molar refractivity (Wildman–Crippen MR) is 69.3 cm³/mol. The van der Waals surface area contributed by atoms with E-state index in [2.05, 4.69) is 0 Å². The van der Waals surface area contributed by atoms with Gasteiger partial charge in [0, 0.05) is 36.1 Å². The quantitative estimate of drug-likeness (QED) is 0.796. The normalized spacial score (nSPS) is 30.6. The van der Waals surface area contributed by atoms with Crippen LogP contribution >= 0.6 is 0 Å². The Morgan fingerprint density at radius 1 is 1.24 bits per heavy atom. The van der Waals surface area contributed by atoms with Crippen molar-refractivity contribution in [2.75, 3.05) is 13.3 Å². The third-order valence-electron chi connectivity index (χ3n) is 3.59. The summed E-state index contributed by atoms with van der Waals surface area (Å²) < 4.78 is 11.8. The Labute approximate surface area is 104 Å². The predicted octanol–water partition coefficient (Wildman–Crippen LogP) is 1.38. The fourth-order valence-corrected chi connectivity index (χ4v) is 3.77. The molecule has 17 heavy (non-hydrogen) atoms. The van der Waals surface area contributed by atoms with E-state index in [0.717, 1.165) is 5.56 Å². The van der Waals surface area contributed by atoms with Gasteiger partial charge in [-0.3, -0.25) is 9.00 Å². The van der Waals surface area contributed by atoms with Crippen LogP contribution in [0, 0.1) is 0 Å². The van der Waals surface area contributed by atoms with E-state index in [4.69, 9.17) is 0 Å². The fourth-order valence-electron chi connectivity index (χ4n) is 2.53. The van der Waals surface area contributed by atoms with Crippen LogP contribution in [0.5, 0.6) is 0 Å². The third-order valence-corrected chi connectivity index (χ3v) is 4.80. The topological polar surface area (TPSA) is 37.4 Å². The lowest BCUT2D eigenvalue weighted by molar-refractivity contribution is -0.127.